The summed E-state index contributed by atoms with van der Waals surface area (Å²) in [5.41, 5.74) is 1.44. The predicted molar refractivity (Wildman–Crippen MR) is 127 cm³/mol. The van der Waals surface area contributed by atoms with Crippen LogP contribution >= 0.6 is 0 Å². The summed E-state index contributed by atoms with van der Waals surface area (Å²) < 4.78 is 11.0. The number of pyridine rings is 1. The van der Waals surface area contributed by atoms with E-state index in [4.69, 9.17) is 9.15 Å². The van der Waals surface area contributed by atoms with Crippen molar-refractivity contribution in [3.63, 3.8) is 0 Å². The van der Waals surface area contributed by atoms with Crippen LogP contribution in [-0.4, -0.2) is 58.8 Å². The number of nitrogens with zero attached hydrogens (tertiary/aromatic N) is 5. The Morgan fingerprint density at radius 1 is 1.03 bits per heavy atom. The van der Waals surface area contributed by atoms with Gasteiger partial charge in [-0.1, -0.05) is 12.1 Å². The van der Waals surface area contributed by atoms with Gasteiger partial charge in [0.2, 0.25) is 0 Å². The Hall–Kier alpha value is -4.27. The van der Waals surface area contributed by atoms with E-state index in [0.717, 1.165) is 17.1 Å². The molecule has 0 aliphatic carbocycles. The molecule has 0 N–H and O–H groups in total. The molecule has 9 heteroatoms. The Balaban J connectivity index is 1.28. The topological polar surface area (TPSA) is 102 Å². The number of amides is 1. The average molecular weight is 457 g/mol. The predicted octanol–water partition coefficient (Wildman–Crippen LogP) is 3.01. The molecule has 5 rings (SSSR count). The number of aromatic nitrogens is 3. The van der Waals surface area contributed by atoms with Crippen LogP contribution in [0.5, 0.6) is 5.75 Å². The number of benzene rings is 1. The summed E-state index contributed by atoms with van der Waals surface area (Å²) in [5.74, 6) is 0.899. The third kappa shape index (κ3) is 4.19. The monoisotopic (exact) mass is 457 g/mol. The first-order valence-corrected chi connectivity index (χ1v) is 11.1. The van der Waals surface area contributed by atoms with Crippen LogP contribution in [0.25, 0.3) is 22.2 Å². The van der Waals surface area contributed by atoms with Crippen LogP contribution < -0.4 is 15.3 Å². The molecule has 0 radical (unpaired) electrons. The van der Waals surface area contributed by atoms with Gasteiger partial charge >= 0.3 is 5.63 Å². The minimum atomic E-state index is -0.662. The van der Waals surface area contributed by atoms with Crippen molar-refractivity contribution in [3.05, 3.63) is 76.9 Å². The minimum Gasteiger partial charge on any atom is -0.490 e. The van der Waals surface area contributed by atoms with E-state index in [1.54, 1.807) is 41.6 Å². The number of hydrogen-bond acceptors (Lipinski definition) is 8. The van der Waals surface area contributed by atoms with Crippen LogP contribution in [0.1, 0.15) is 17.3 Å². The summed E-state index contributed by atoms with van der Waals surface area (Å²) in [6, 6.07) is 14.5. The van der Waals surface area contributed by atoms with E-state index < -0.39 is 5.63 Å². The molecule has 3 aromatic heterocycles. The zero-order chi connectivity index (χ0) is 23.5. The van der Waals surface area contributed by atoms with Crippen LogP contribution in [0.2, 0.25) is 0 Å². The summed E-state index contributed by atoms with van der Waals surface area (Å²) in [4.78, 5) is 33.5. The van der Waals surface area contributed by atoms with Gasteiger partial charge in [0.05, 0.1) is 12.3 Å². The van der Waals surface area contributed by atoms with Gasteiger partial charge in [-0.2, -0.15) is 0 Å². The first-order chi connectivity index (χ1) is 16.6. The number of rotatable bonds is 5. The molecule has 1 fully saturated rings. The van der Waals surface area contributed by atoms with Crippen molar-refractivity contribution in [2.75, 3.05) is 37.7 Å². The number of para-hydroxylation sites is 1. The molecule has 1 saturated heterocycles. The second-order valence-electron chi connectivity index (χ2n) is 7.85. The second kappa shape index (κ2) is 9.30. The minimum absolute atomic E-state index is 0.0242. The Labute approximate surface area is 195 Å². The van der Waals surface area contributed by atoms with Crippen LogP contribution in [0.3, 0.4) is 0 Å². The van der Waals surface area contributed by atoms with E-state index in [1.165, 1.54) is 0 Å². The van der Waals surface area contributed by atoms with E-state index in [2.05, 4.69) is 20.1 Å². The first-order valence-electron chi connectivity index (χ1n) is 11.1. The Morgan fingerprint density at radius 2 is 1.82 bits per heavy atom. The lowest BCUT2D eigenvalue weighted by molar-refractivity contribution is 0.0742. The van der Waals surface area contributed by atoms with Gasteiger partial charge in [0.15, 0.2) is 17.2 Å². The van der Waals surface area contributed by atoms with Crippen molar-refractivity contribution >= 4 is 22.7 Å². The van der Waals surface area contributed by atoms with E-state index in [-0.39, 0.29) is 11.5 Å². The van der Waals surface area contributed by atoms with Gasteiger partial charge in [0.25, 0.3) is 5.91 Å². The maximum atomic E-state index is 13.1. The smallest absolute Gasteiger partial charge is 0.349 e. The number of piperazine rings is 1. The molecule has 1 amide bonds. The lowest BCUT2D eigenvalue weighted by Gasteiger charge is -2.35. The Bertz CT molecular complexity index is 1360. The van der Waals surface area contributed by atoms with Crippen molar-refractivity contribution in [2.24, 2.45) is 0 Å². The summed E-state index contributed by atoms with van der Waals surface area (Å²) >= 11 is 0. The molecule has 0 bridgehead atoms. The largest absolute Gasteiger partial charge is 0.490 e. The number of anilines is 1. The molecule has 1 aliphatic heterocycles. The fraction of sp³-hybridized carbons (Fsp3) is 0.240. The summed E-state index contributed by atoms with van der Waals surface area (Å²) in [6.07, 6.45) is 3.43. The van der Waals surface area contributed by atoms with E-state index in [9.17, 15) is 9.59 Å². The molecule has 172 valence electrons. The van der Waals surface area contributed by atoms with Gasteiger partial charge in [-0.3, -0.25) is 9.78 Å². The summed E-state index contributed by atoms with van der Waals surface area (Å²) in [5, 5.41) is 9.33. The first kappa shape index (κ1) is 21.6. The van der Waals surface area contributed by atoms with Crippen LogP contribution in [0.4, 0.5) is 5.82 Å². The van der Waals surface area contributed by atoms with Crippen molar-refractivity contribution < 1.29 is 13.9 Å². The second-order valence-corrected chi connectivity index (χ2v) is 7.85. The molecular formula is C25H23N5O4. The number of hydrogen-bond donors (Lipinski definition) is 0. The summed E-state index contributed by atoms with van der Waals surface area (Å²) in [6.45, 7) is 4.40. The Morgan fingerprint density at radius 3 is 2.53 bits per heavy atom. The zero-order valence-electron chi connectivity index (χ0n) is 18.7. The number of carbonyl (C=O) groups is 1. The molecule has 9 nitrogen and oxygen atoms in total. The highest BCUT2D eigenvalue weighted by atomic mass is 16.5. The lowest BCUT2D eigenvalue weighted by Crippen LogP contribution is -2.49. The maximum absolute atomic E-state index is 13.1. The van der Waals surface area contributed by atoms with Gasteiger partial charge in [0, 0.05) is 49.5 Å². The van der Waals surface area contributed by atoms with E-state index >= 15 is 0 Å². The Kier molecular flexibility index (Phi) is 5.90. The van der Waals surface area contributed by atoms with Gasteiger partial charge in [-0.25, -0.2) is 4.79 Å². The third-order valence-corrected chi connectivity index (χ3v) is 5.77. The van der Waals surface area contributed by atoms with Gasteiger partial charge in [-0.05, 0) is 43.3 Å². The lowest BCUT2D eigenvalue weighted by atomic mass is 10.1. The molecule has 34 heavy (non-hydrogen) atoms. The highest BCUT2D eigenvalue weighted by Crippen LogP contribution is 2.25. The highest BCUT2D eigenvalue weighted by molar-refractivity contribution is 5.97. The van der Waals surface area contributed by atoms with Gasteiger partial charge in [-0.15, -0.1) is 10.2 Å². The molecule has 4 heterocycles. The molecular weight excluding hydrogens is 434 g/mol. The molecule has 1 aromatic carbocycles. The van der Waals surface area contributed by atoms with E-state index in [1.807, 2.05) is 31.2 Å². The molecule has 0 spiro atoms. The van der Waals surface area contributed by atoms with Crippen molar-refractivity contribution in [1.29, 1.82) is 0 Å². The van der Waals surface area contributed by atoms with Crippen molar-refractivity contribution in [1.82, 2.24) is 20.1 Å². The molecule has 4 aromatic rings. The molecule has 0 saturated carbocycles. The van der Waals surface area contributed by atoms with Gasteiger partial charge < -0.3 is 19.0 Å². The SMILES string of the molecule is CCOc1cccc2cc(C(=O)N3CCN(c4ccc(-c5ccncc5)nn4)CC3)c(=O)oc12. The van der Waals surface area contributed by atoms with Crippen LogP contribution in [0, 0.1) is 0 Å². The third-order valence-electron chi connectivity index (χ3n) is 5.77. The number of ether oxygens (including phenoxy) is 1. The quantitative estimate of drug-likeness (QED) is 0.422. The number of fused-ring (bicyclic) bond motifs is 1. The maximum Gasteiger partial charge on any atom is 0.349 e. The highest BCUT2D eigenvalue weighted by Gasteiger charge is 2.26. The van der Waals surface area contributed by atoms with E-state index in [0.29, 0.717) is 49.5 Å². The molecule has 0 unspecified atom stereocenters. The zero-order valence-corrected chi connectivity index (χ0v) is 18.7. The normalized spacial score (nSPS) is 13.8. The standard InChI is InChI=1S/C25H23N5O4/c1-2-33-21-5-3-4-18-16-19(25(32)34-23(18)21)24(31)30-14-12-29(13-15-30)22-7-6-20(27-28-22)17-8-10-26-11-9-17/h3-11,16H,2,12-15H2,1H3. The fourth-order valence-corrected chi connectivity index (χ4v) is 4.02. The molecule has 1 aliphatic rings. The van der Waals surface area contributed by atoms with Crippen LogP contribution in [-0.2, 0) is 0 Å². The molecule has 0 atom stereocenters. The van der Waals surface area contributed by atoms with Crippen molar-refractivity contribution in [3.8, 4) is 17.0 Å². The fourth-order valence-electron chi connectivity index (χ4n) is 4.02. The average Bonchev–Trinajstić information content (AvgIpc) is 2.89. The van der Waals surface area contributed by atoms with Crippen LogP contribution in [0.15, 0.2) is 70.1 Å². The number of carbonyl (C=O) groups excluding carboxylic acids is 1. The van der Waals surface area contributed by atoms with Gasteiger partial charge in [0.1, 0.15) is 5.56 Å². The summed E-state index contributed by atoms with van der Waals surface area (Å²) in [7, 11) is 0. The van der Waals surface area contributed by atoms with Crippen molar-refractivity contribution in [2.45, 2.75) is 6.92 Å².